The van der Waals surface area contributed by atoms with Crippen molar-refractivity contribution in [2.75, 3.05) is 21.3 Å². The first-order chi connectivity index (χ1) is 22.6. The Labute approximate surface area is 275 Å². The van der Waals surface area contributed by atoms with Crippen molar-refractivity contribution in [3.05, 3.63) is 46.5 Å². The number of ketones is 1. The molecule has 2 aliphatic rings. The average molecular weight is 654 g/mol. The number of benzene rings is 2. The number of esters is 1. The maximum Gasteiger partial charge on any atom is 0.342 e. The van der Waals surface area contributed by atoms with Crippen LogP contribution in [-0.2, 0) is 14.3 Å². The van der Waals surface area contributed by atoms with Gasteiger partial charge >= 0.3 is 5.97 Å². The molecule has 1 saturated carbocycles. The van der Waals surface area contributed by atoms with Gasteiger partial charge in [-0.05, 0) is 87.6 Å². The van der Waals surface area contributed by atoms with Crippen molar-refractivity contribution in [2.45, 2.75) is 102 Å². The molecule has 1 fully saturated rings. The number of amides is 1. The number of cyclic esters (lactones) is 1. The van der Waals surface area contributed by atoms with Crippen LogP contribution in [0.1, 0.15) is 111 Å². The summed E-state index contributed by atoms with van der Waals surface area (Å²) in [4.78, 5) is 39.4. The Hall–Kier alpha value is -4.25. The molecule has 1 aliphatic carbocycles. The van der Waals surface area contributed by atoms with Gasteiger partial charge in [0.2, 0.25) is 11.7 Å². The maximum absolute atomic E-state index is 13.7. The Kier molecular flexibility index (Phi) is 12.5. The van der Waals surface area contributed by atoms with Crippen LogP contribution < -0.4 is 19.5 Å². The highest BCUT2D eigenvalue weighted by atomic mass is 16.5. The van der Waals surface area contributed by atoms with E-state index in [4.69, 9.17) is 18.9 Å². The fourth-order valence-electron chi connectivity index (χ4n) is 6.40. The number of rotatable bonds is 8. The summed E-state index contributed by atoms with van der Waals surface area (Å²) in [5.74, 6) is -1.81. The summed E-state index contributed by atoms with van der Waals surface area (Å²) < 4.78 is 22.4. The third kappa shape index (κ3) is 8.97. The van der Waals surface area contributed by atoms with Crippen LogP contribution in [0, 0.1) is 0 Å². The zero-order valence-corrected chi connectivity index (χ0v) is 27.7. The number of aliphatic hydroxyl groups is 1. The molecule has 4 rings (SSSR count). The number of carbonyl (C=O) groups is 3. The molecule has 4 N–H and O–H groups in total. The van der Waals surface area contributed by atoms with Crippen molar-refractivity contribution in [3.8, 4) is 28.7 Å². The predicted molar refractivity (Wildman–Crippen MR) is 175 cm³/mol. The molecular weight excluding hydrogens is 606 g/mol. The number of hydrogen-bond donors (Lipinski definition) is 4. The minimum atomic E-state index is -0.962. The second-order valence-corrected chi connectivity index (χ2v) is 12.4. The number of allylic oxidation sites excluding steroid dienone is 1. The van der Waals surface area contributed by atoms with E-state index < -0.39 is 23.7 Å². The zero-order valence-electron chi connectivity index (χ0n) is 27.7. The normalized spacial score (nSPS) is 21.5. The molecule has 0 saturated heterocycles. The van der Waals surface area contributed by atoms with Gasteiger partial charge in [-0.2, -0.15) is 0 Å². The molecule has 0 spiro atoms. The minimum Gasteiger partial charge on any atom is -0.507 e. The van der Waals surface area contributed by atoms with Crippen molar-refractivity contribution in [1.82, 2.24) is 5.32 Å². The smallest absolute Gasteiger partial charge is 0.342 e. The van der Waals surface area contributed by atoms with E-state index in [1.54, 1.807) is 31.2 Å². The molecule has 2 aromatic carbocycles. The summed E-state index contributed by atoms with van der Waals surface area (Å²) in [6, 6.07) is 4.54. The number of methoxy groups -OCH3 is 3. The van der Waals surface area contributed by atoms with E-state index in [2.05, 4.69) is 5.32 Å². The highest BCUT2D eigenvalue weighted by Crippen LogP contribution is 2.47. The Morgan fingerprint density at radius 2 is 1.62 bits per heavy atom. The third-order valence-corrected chi connectivity index (χ3v) is 8.94. The van der Waals surface area contributed by atoms with Crippen LogP contribution in [-0.4, -0.2) is 72.6 Å². The fourth-order valence-corrected chi connectivity index (χ4v) is 6.40. The van der Waals surface area contributed by atoms with Gasteiger partial charge in [0.15, 0.2) is 11.5 Å². The van der Waals surface area contributed by atoms with E-state index in [0.29, 0.717) is 87.0 Å². The van der Waals surface area contributed by atoms with Gasteiger partial charge in [-0.15, -0.1) is 0 Å². The van der Waals surface area contributed by atoms with E-state index in [1.165, 1.54) is 27.4 Å². The lowest BCUT2D eigenvalue weighted by atomic mass is 9.84. The number of nitrogens with one attached hydrogen (secondary N) is 1. The molecule has 11 nitrogen and oxygen atoms in total. The number of phenolic OH excluding ortho intramolecular Hbond substituents is 2. The Bertz CT molecular complexity index is 1440. The van der Waals surface area contributed by atoms with Crippen LogP contribution in [0.3, 0.4) is 0 Å². The minimum absolute atomic E-state index is 0.0306. The standard InChI is InChI=1S/C36H47NO10/c1-21-9-8-12-25(38)11-7-5-6-10-22-17-28(40)33(34(42)32(22)36(43)47-21)27(20-31(41)37-24-13-15-26(39)16-14-24)23-18-29(44-2)35(46-4)30(19-23)45-3/h6,10,17-19,21,24,26-27,39-40,42H,5,7-9,11-16,20H2,1-4H3,(H,37,41). The number of Topliss-reactive ketones (excluding diaryl/α,β-unsaturated/α-hetero) is 1. The summed E-state index contributed by atoms with van der Waals surface area (Å²) in [7, 11) is 4.39. The van der Waals surface area contributed by atoms with Gasteiger partial charge in [-0.1, -0.05) is 12.2 Å². The molecule has 2 aromatic rings. The molecule has 0 bridgehead atoms. The van der Waals surface area contributed by atoms with Crippen molar-refractivity contribution < 1.29 is 48.7 Å². The molecule has 1 amide bonds. The summed E-state index contributed by atoms with van der Waals surface area (Å²) in [6.45, 7) is 1.73. The van der Waals surface area contributed by atoms with Gasteiger partial charge in [0.05, 0.1) is 33.5 Å². The van der Waals surface area contributed by atoms with E-state index in [0.717, 1.165) is 0 Å². The second kappa shape index (κ2) is 16.5. The molecule has 1 heterocycles. The fraction of sp³-hybridized carbons (Fsp3) is 0.528. The second-order valence-electron chi connectivity index (χ2n) is 12.4. The molecule has 256 valence electrons. The Morgan fingerprint density at radius 3 is 2.26 bits per heavy atom. The van der Waals surface area contributed by atoms with Crippen LogP contribution in [0.4, 0.5) is 0 Å². The average Bonchev–Trinajstić information content (AvgIpc) is 3.03. The first-order valence-corrected chi connectivity index (χ1v) is 16.3. The number of carbonyl (C=O) groups excluding carboxylic acids is 3. The Morgan fingerprint density at radius 1 is 0.957 bits per heavy atom. The molecular formula is C36H47NO10. The molecule has 47 heavy (non-hydrogen) atoms. The van der Waals surface area contributed by atoms with Crippen LogP contribution in [0.2, 0.25) is 0 Å². The number of aromatic hydroxyl groups is 2. The highest BCUT2D eigenvalue weighted by molar-refractivity contribution is 5.98. The monoisotopic (exact) mass is 653 g/mol. The van der Waals surface area contributed by atoms with Crippen LogP contribution in [0.5, 0.6) is 28.7 Å². The number of ether oxygens (including phenoxy) is 4. The van der Waals surface area contributed by atoms with Crippen molar-refractivity contribution in [1.29, 1.82) is 0 Å². The molecule has 11 heteroatoms. The third-order valence-electron chi connectivity index (χ3n) is 8.94. The first-order valence-electron chi connectivity index (χ1n) is 16.3. The molecule has 1 aliphatic heterocycles. The lowest BCUT2D eigenvalue weighted by molar-refractivity contribution is -0.122. The van der Waals surface area contributed by atoms with E-state index in [9.17, 15) is 29.7 Å². The lowest BCUT2D eigenvalue weighted by Gasteiger charge is -2.28. The van der Waals surface area contributed by atoms with Gasteiger partial charge in [-0.3, -0.25) is 9.59 Å². The number of aliphatic hydroxyl groups excluding tert-OH is 1. The number of fused-ring (bicyclic) bond motifs is 1. The van der Waals surface area contributed by atoms with Crippen molar-refractivity contribution >= 4 is 23.7 Å². The van der Waals surface area contributed by atoms with E-state index in [-0.39, 0.29) is 52.7 Å². The highest BCUT2D eigenvalue weighted by Gasteiger charge is 2.33. The number of phenols is 2. The van der Waals surface area contributed by atoms with Crippen molar-refractivity contribution in [3.63, 3.8) is 0 Å². The first kappa shape index (κ1) is 35.6. The van der Waals surface area contributed by atoms with Crippen LogP contribution >= 0.6 is 0 Å². The van der Waals surface area contributed by atoms with E-state index >= 15 is 0 Å². The van der Waals surface area contributed by atoms with Gasteiger partial charge in [-0.25, -0.2) is 4.79 Å². The summed E-state index contributed by atoms with van der Waals surface area (Å²) >= 11 is 0. The summed E-state index contributed by atoms with van der Waals surface area (Å²) in [6.07, 6.45) is 7.81. The lowest BCUT2D eigenvalue weighted by Crippen LogP contribution is -2.39. The van der Waals surface area contributed by atoms with E-state index in [1.807, 2.05) is 0 Å². The van der Waals surface area contributed by atoms with Crippen LogP contribution in [0.25, 0.3) is 6.08 Å². The summed E-state index contributed by atoms with van der Waals surface area (Å²) in [5.41, 5.74) is 0.547. The van der Waals surface area contributed by atoms with Gasteiger partial charge in [0, 0.05) is 36.8 Å². The van der Waals surface area contributed by atoms with Gasteiger partial charge in [0.25, 0.3) is 0 Å². The van der Waals surface area contributed by atoms with Gasteiger partial charge in [0.1, 0.15) is 22.8 Å². The largest absolute Gasteiger partial charge is 0.507 e. The SMILES string of the molecule is COc1cc(C(CC(=O)NC2CCC(O)CC2)c2c(O)cc3c(c2O)C(=O)OC(C)CCCC(=O)CCCC=C3)cc(OC)c1OC. The molecule has 2 atom stereocenters. The Balaban J connectivity index is 1.83. The topological polar surface area (TPSA) is 161 Å². The maximum atomic E-state index is 13.7. The summed E-state index contributed by atoms with van der Waals surface area (Å²) in [5, 5.41) is 36.3. The quantitative estimate of drug-likeness (QED) is 0.266. The molecule has 0 radical (unpaired) electrons. The van der Waals surface area contributed by atoms with Crippen LogP contribution in [0.15, 0.2) is 24.3 Å². The zero-order chi connectivity index (χ0) is 34.1. The predicted octanol–water partition coefficient (Wildman–Crippen LogP) is 5.55. The molecule has 2 unspecified atom stereocenters. The molecule has 0 aromatic heterocycles. The van der Waals surface area contributed by atoms with Gasteiger partial charge < -0.3 is 39.6 Å². The number of hydrogen-bond acceptors (Lipinski definition) is 10. The van der Waals surface area contributed by atoms with Crippen molar-refractivity contribution in [2.24, 2.45) is 0 Å².